The molecule has 7 nitrogen and oxygen atoms in total. The van der Waals surface area contributed by atoms with Gasteiger partial charge in [-0.1, -0.05) is 12.1 Å². The quantitative estimate of drug-likeness (QED) is 0.479. The zero-order valence-corrected chi connectivity index (χ0v) is 19.7. The van der Waals surface area contributed by atoms with Crippen LogP contribution in [0.2, 0.25) is 0 Å². The minimum Gasteiger partial charge on any atom is -0.481 e. The van der Waals surface area contributed by atoms with E-state index in [0.29, 0.717) is 18.7 Å². The summed E-state index contributed by atoms with van der Waals surface area (Å²) in [5, 5.41) is 11.0. The van der Waals surface area contributed by atoms with E-state index in [1.807, 2.05) is 0 Å². The minimum absolute atomic E-state index is 0.0447. The van der Waals surface area contributed by atoms with Gasteiger partial charge in [-0.25, -0.2) is 9.38 Å². The molecule has 3 N–H and O–H groups in total. The molecule has 0 radical (unpaired) electrons. The Morgan fingerprint density at radius 1 is 1.15 bits per heavy atom. The summed E-state index contributed by atoms with van der Waals surface area (Å²) >= 11 is 1.52. The van der Waals surface area contributed by atoms with Crippen LogP contribution in [0, 0.1) is 5.82 Å². The molecule has 1 aliphatic heterocycles. The smallest absolute Gasteiger partial charge is 0.304 e. The third-order valence-electron chi connectivity index (χ3n) is 5.78. The van der Waals surface area contributed by atoms with Crippen LogP contribution >= 0.6 is 11.3 Å². The second-order valence-electron chi connectivity index (χ2n) is 8.29. The summed E-state index contributed by atoms with van der Waals surface area (Å²) in [6.45, 7) is 3.90. The van der Waals surface area contributed by atoms with Gasteiger partial charge in [0, 0.05) is 36.7 Å². The molecule has 34 heavy (non-hydrogen) atoms. The molecule has 4 rings (SSSR count). The van der Waals surface area contributed by atoms with Crippen LogP contribution in [0.3, 0.4) is 0 Å². The van der Waals surface area contributed by atoms with Crippen molar-refractivity contribution in [3.63, 3.8) is 0 Å². The standard InChI is InChI=1S/C25H29FN4O3S/c26-19-5-7-21(8-6-19)28-25-30(11-1-2-20(27)16-24(31)32)23(17-34-25)18-3-9-22(10-4-18)29-12-14-33-15-13-29/h3-10,17,20H,1-2,11-16,27H2,(H,31,32). The van der Waals surface area contributed by atoms with Crippen LogP contribution in [0.25, 0.3) is 11.3 Å². The Labute approximate surface area is 201 Å². The van der Waals surface area contributed by atoms with E-state index in [-0.39, 0.29) is 18.3 Å². The average Bonchev–Trinajstić information content (AvgIpc) is 3.23. The van der Waals surface area contributed by atoms with Crippen LogP contribution in [0.1, 0.15) is 19.3 Å². The molecule has 0 aliphatic carbocycles. The van der Waals surface area contributed by atoms with Crippen LogP contribution in [-0.4, -0.2) is 48.0 Å². The Bertz CT molecular complexity index is 1150. The fraction of sp³-hybridized carbons (Fsp3) is 0.360. The van der Waals surface area contributed by atoms with E-state index in [4.69, 9.17) is 20.6 Å². The van der Waals surface area contributed by atoms with Gasteiger partial charge in [0.05, 0.1) is 31.0 Å². The number of carboxylic acids is 1. The fourth-order valence-electron chi connectivity index (χ4n) is 3.99. The number of hydrogen-bond acceptors (Lipinski definition) is 6. The van der Waals surface area contributed by atoms with E-state index in [2.05, 4.69) is 39.1 Å². The van der Waals surface area contributed by atoms with Crippen LogP contribution in [0.5, 0.6) is 0 Å². The van der Waals surface area contributed by atoms with Crippen molar-refractivity contribution in [1.29, 1.82) is 0 Å². The number of hydrogen-bond donors (Lipinski definition) is 2. The lowest BCUT2D eigenvalue weighted by molar-refractivity contribution is -0.137. The molecule has 3 aromatic rings. The number of rotatable bonds is 9. The molecule has 0 bridgehead atoms. The molecule has 0 amide bonds. The lowest BCUT2D eigenvalue weighted by atomic mass is 10.1. The van der Waals surface area contributed by atoms with Crippen molar-refractivity contribution in [3.05, 3.63) is 64.5 Å². The normalized spacial score (nSPS) is 15.5. The Kier molecular flexibility index (Phi) is 8.10. The SMILES string of the molecule is NC(CCCn1c(-c2ccc(N3CCOCC3)cc2)csc1=Nc1ccc(F)cc1)CC(=O)O. The summed E-state index contributed by atoms with van der Waals surface area (Å²) in [5.41, 5.74) is 9.92. The van der Waals surface area contributed by atoms with E-state index >= 15 is 0 Å². The molecule has 1 aliphatic rings. The molecule has 9 heteroatoms. The monoisotopic (exact) mass is 484 g/mol. The van der Waals surface area contributed by atoms with Gasteiger partial charge in [0.25, 0.3) is 0 Å². The number of nitrogens with two attached hydrogens (primary N) is 1. The highest BCUT2D eigenvalue weighted by Crippen LogP contribution is 2.25. The molecule has 2 heterocycles. The number of benzene rings is 2. The van der Waals surface area contributed by atoms with E-state index in [0.717, 1.165) is 48.8 Å². The summed E-state index contributed by atoms with van der Waals surface area (Å²) in [7, 11) is 0. The summed E-state index contributed by atoms with van der Waals surface area (Å²) in [6.07, 6.45) is 1.28. The Balaban J connectivity index is 1.60. The number of aromatic nitrogens is 1. The number of nitrogens with zero attached hydrogens (tertiary/aromatic N) is 3. The van der Waals surface area contributed by atoms with E-state index in [1.54, 1.807) is 12.1 Å². The minimum atomic E-state index is -0.885. The third-order valence-corrected chi connectivity index (χ3v) is 6.65. The van der Waals surface area contributed by atoms with Crippen LogP contribution in [0.15, 0.2) is 58.9 Å². The molecule has 1 atom stereocenters. The Hall–Kier alpha value is -3.01. The molecular formula is C25H29FN4O3S. The van der Waals surface area contributed by atoms with Crippen molar-refractivity contribution in [3.8, 4) is 11.3 Å². The number of thiazole rings is 1. The van der Waals surface area contributed by atoms with Gasteiger partial charge >= 0.3 is 5.97 Å². The molecule has 1 saturated heterocycles. The number of carboxylic acid groups (broad SMARTS) is 1. The van der Waals surface area contributed by atoms with Gasteiger partial charge in [-0.3, -0.25) is 4.79 Å². The van der Waals surface area contributed by atoms with Gasteiger partial charge in [0.2, 0.25) is 0 Å². The maximum absolute atomic E-state index is 13.3. The van der Waals surface area contributed by atoms with Crippen molar-refractivity contribution in [2.45, 2.75) is 31.8 Å². The summed E-state index contributed by atoms with van der Waals surface area (Å²) in [6, 6.07) is 14.2. The zero-order valence-electron chi connectivity index (χ0n) is 18.9. The maximum atomic E-state index is 13.3. The first-order chi connectivity index (χ1) is 16.5. The van der Waals surface area contributed by atoms with Crippen molar-refractivity contribution >= 4 is 28.7 Å². The number of morpholine rings is 1. The van der Waals surface area contributed by atoms with E-state index < -0.39 is 5.97 Å². The van der Waals surface area contributed by atoms with Crippen LogP contribution in [-0.2, 0) is 16.1 Å². The van der Waals surface area contributed by atoms with Crippen molar-refractivity contribution in [2.75, 3.05) is 31.2 Å². The zero-order chi connectivity index (χ0) is 23.9. The molecule has 180 valence electrons. The Morgan fingerprint density at radius 3 is 2.53 bits per heavy atom. The molecular weight excluding hydrogens is 455 g/mol. The molecule has 1 fully saturated rings. The first-order valence-electron chi connectivity index (χ1n) is 11.4. The van der Waals surface area contributed by atoms with Gasteiger partial charge < -0.3 is 25.0 Å². The maximum Gasteiger partial charge on any atom is 0.304 e. The number of ether oxygens (including phenoxy) is 1. The van der Waals surface area contributed by atoms with E-state index in [1.165, 1.54) is 29.2 Å². The number of halogens is 1. The first-order valence-corrected chi connectivity index (χ1v) is 12.3. The number of anilines is 1. The molecule has 2 aromatic carbocycles. The highest BCUT2D eigenvalue weighted by Gasteiger charge is 2.14. The van der Waals surface area contributed by atoms with Crippen LogP contribution < -0.4 is 15.4 Å². The Morgan fingerprint density at radius 2 is 1.85 bits per heavy atom. The average molecular weight is 485 g/mol. The first kappa shape index (κ1) is 24.1. The second-order valence-corrected chi connectivity index (χ2v) is 9.13. The van der Waals surface area contributed by atoms with Gasteiger partial charge in [-0.15, -0.1) is 11.3 Å². The predicted octanol–water partition coefficient (Wildman–Crippen LogP) is 4.01. The van der Waals surface area contributed by atoms with Gasteiger partial charge in [0.15, 0.2) is 4.80 Å². The summed E-state index contributed by atoms with van der Waals surface area (Å²) in [5.74, 6) is -1.18. The summed E-state index contributed by atoms with van der Waals surface area (Å²) in [4.78, 5) is 18.8. The van der Waals surface area contributed by atoms with Gasteiger partial charge in [-0.2, -0.15) is 0 Å². The number of carbonyl (C=O) groups is 1. The van der Waals surface area contributed by atoms with Gasteiger partial charge in [-0.05, 0) is 54.8 Å². The third kappa shape index (κ3) is 6.31. The van der Waals surface area contributed by atoms with Crippen molar-refractivity contribution in [1.82, 2.24) is 4.57 Å². The molecule has 0 spiro atoms. The molecule has 1 aromatic heterocycles. The topological polar surface area (TPSA) is 93.1 Å². The second kappa shape index (κ2) is 11.4. The fourth-order valence-corrected chi connectivity index (χ4v) is 4.95. The van der Waals surface area contributed by atoms with Crippen LogP contribution in [0.4, 0.5) is 15.8 Å². The van der Waals surface area contributed by atoms with Gasteiger partial charge in [0.1, 0.15) is 5.82 Å². The van der Waals surface area contributed by atoms with E-state index in [9.17, 15) is 9.18 Å². The van der Waals surface area contributed by atoms with Crippen molar-refractivity contribution in [2.24, 2.45) is 10.7 Å². The lowest BCUT2D eigenvalue weighted by Crippen LogP contribution is -2.36. The lowest BCUT2D eigenvalue weighted by Gasteiger charge is -2.28. The highest BCUT2D eigenvalue weighted by molar-refractivity contribution is 7.07. The predicted molar refractivity (Wildman–Crippen MR) is 132 cm³/mol. The largest absolute Gasteiger partial charge is 0.481 e. The highest BCUT2D eigenvalue weighted by atomic mass is 32.1. The summed E-state index contributed by atoms with van der Waals surface area (Å²) < 4.78 is 20.9. The molecule has 1 unspecified atom stereocenters. The van der Waals surface area contributed by atoms with Crippen molar-refractivity contribution < 1.29 is 19.0 Å². The number of aliphatic carboxylic acids is 1. The molecule has 0 saturated carbocycles.